The zero-order valence-corrected chi connectivity index (χ0v) is 16.4. The smallest absolute Gasteiger partial charge is 0.232 e. The number of carbonyl (C=O) groups is 1. The maximum atomic E-state index is 13.0. The first-order chi connectivity index (χ1) is 13.0. The van der Waals surface area contributed by atoms with Gasteiger partial charge in [0.2, 0.25) is 5.78 Å². The van der Waals surface area contributed by atoms with Crippen molar-refractivity contribution >= 4 is 35.1 Å². The summed E-state index contributed by atoms with van der Waals surface area (Å²) in [5, 5.41) is 11.4. The molecule has 2 aromatic rings. The van der Waals surface area contributed by atoms with Crippen LogP contribution in [0.3, 0.4) is 0 Å². The molecular formula is C21H19Cl2NO3. The van der Waals surface area contributed by atoms with Crippen LogP contribution in [0.1, 0.15) is 39.9 Å². The fourth-order valence-electron chi connectivity index (χ4n) is 3.68. The summed E-state index contributed by atoms with van der Waals surface area (Å²) in [6, 6.07) is 6.80. The topological polar surface area (TPSA) is 49.8 Å². The number of phenols is 1. The summed E-state index contributed by atoms with van der Waals surface area (Å²) >= 11 is 12.5. The minimum atomic E-state index is -0.221. The first-order valence-electron chi connectivity index (χ1n) is 8.91. The lowest BCUT2D eigenvalue weighted by Gasteiger charge is -2.18. The van der Waals surface area contributed by atoms with Crippen molar-refractivity contribution in [3.8, 4) is 11.5 Å². The number of ether oxygens (including phenoxy) is 1. The van der Waals surface area contributed by atoms with Crippen molar-refractivity contribution < 1.29 is 14.6 Å². The second-order valence-electron chi connectivity index (χ2n) is 6.95. The summed E-state index contributed by atoms with van der Waals surface area (Å²) in [7, 11) is 0. The van der Waals surface area contributed by atoms with Gasteiger partial charge in [0, 0.05) is 22.2 Å². The zero-order chi connectivity index (χ0) is 19.1. The van der Waals surface area contributed by atoms with E-state index in [0.717, 1.165) is 25.9 Å². The number of Topliss-reactive ketones (excluding diaryl/α,β-unsaturated/α-hetero) is 1. The molecule has 2 heterocycles. The quantitative estimate of drug-likeness (QED) is 0.713. The van der Waals surface area contributed by atoms with Gasteiger partial charge in [0.15, 0.2) is 5.76 Å². The first-order valence-corrected chi connectivity index (χ1v) is 9.67. The lowest BCUT2D eigenvalue weighted by Crippen LogP contribution is -2.19. The predicted octanol–water partition coefficient (Wildman–Crippen LogP) is 5.22. The van der Waals surface area contributed by atoms with E-state index in [2.05, 4.69) is 4.90 Å². The van der Waals surface area contributed by atoms with Gasteiger partial charge < -0.3 is 9.84 Å². The second-order valence-corrected chi connectivity index (χ2v) is 7.77. The maximum absolute atomic E-state index is 13.0. The van der Waals surface area contributed by atoms with Gasteiger partial charge in [0.05, 0.1) is 11.1 Å². The third kappa shape index (κ3) is 3.33. The molecule has 140 valence electrons. The fourth-order valence-corrected chi connectivity index (χ4v) is 4.18. The highest BCUT2D eigenvalue weighted by Crippen LogP contribution is 2.43. The largest absolute Gasteiger partial charge is 0.507 e. The Morgan fingerprint density at radius 3 is 2.56 bits per heavy atom. The SMILES string of the molecule is Cc1cc(O)c(CN2CCCC2)c2c1C(=O)/C(=C/c1c(Cl)cccc1Cl)O2. The molecule has 27 heavy (non-hydrogen) atoms. The molecule has 1 fully saturated rings. The number of benzene rings is 2. The molecule has 0 amide bonds. The third-order valence-electron chi connectivity index (χ3n) is 5.08. The van der Waals surface area contributed by atoms with E-state index in [4.69, 9.17) is 27.9 Å². The lowest BCUT2D eigenvalue weighted by atomic mass is 9.99. The fraction of sp³-hybridized carbons (Fsp3) is 0.286. The van der Waals surface area contributed by atoms with Crippen molar-refractivity contribution in [2.75, 3.05) is 13.1 Å². The van der Waals surface area contributed by atoms with Crippen molar-refractivity contribution in [3.63, 3.8) is 0 Å². The van der Waals surface area contributed by atoms with E-state index in [1.807, 2.05) is 0 Å². The number of nitrogens with zero attached hydrogens (tertiary/aromatic N) is 1. The van der Waals surface area contributed by atoms with Crippen LogP contribution in [0, 0.1) is 6.92 Å². The molecule has 0 aliphatic carbocycles. The van der Waals surface area contributed by atoms with Crippen molar-refractivity contribution in [1.29, 1.82) is 0 Å². The predicted molar refractivity (Wildman–Crippen MR) is 107 cm³/mol. The van der Waals surface area contributed by atoms with E-state index >= 15 is 0 Å². The normalized spacial score (nSPS) is 18.2. The van der Waals surface area contributed by atoms with E-state index in [-0.39, 0.29) is 17.3 Å². The van der Waals surface area contributed by atoms with Crippen LogP contribution in [-0.4, -0.2) is 28.9 Å². The van der Waals surface area contributed by atoms with E-state index < -0.39 is 0 Å². The van der Waals surface area contributed by atoms with Gasteiger partial charge in [0.25, 0.3) is 0 Å². The number of phenolic OH excluding ortho intramolecular Hbond substituents is 1. The molecule has 0 bridgehead atoms. The molecule has 4 rings (SSSR count). The Kier molecular flexibility index (Phi) is 4.89. The molecule has 0 aromatic heterocycles. The van der Waals surface area contributed by atoms with Gasteiger partial charge in [-0.15, -0.1) is 0 Å². The van der Waals surface area contributed by atoms with Gasteiger partial charge >= 0.3 is 0 Å². The highest BCUT2D eigenvalue weighted by Gasteiger charge is 2.34. The van der Waals surface area contributed by atoms with E-state index in [1.165, 1.54) is 0 Å². The van der Waals surface area contributed by atoms with Gasteiger partial charge in [-0.2, -0.15) is 0 Å². The number of halogens is 2. The lowest BCUT2D eigenvalue weighted by molar-refractivity contribution is 0.101. The summed E-state index contributed by atoms with van der Waals surface area (Å²) in [4.78, 5) is 15.2. The van der Waals surface area contributed by atoms with Crippen LogP contribution in [0.5, 0.6) is 11.5 Å². The molecule has 0 atom stereocenters. The molecule has 2 aliphatic rings. The number of carbonyl (C=O) groups excluding carboxylic acids is 1. The monoisotopic (exact) mass is 403 g/mol. The highest BCUT2D eigenvalue weighted by atomic mass is 35.5. The Hall–Kier alpha value is -2.01. The van der Waals surface area contributed by atoms with Crippen LogP contribution >= 0.6 is 23.2 Å². The highest BCUT2D eigenvalue weighted by molar-refractivity contribution is 6.37. The Bertz CT molecular complexity index is 942. The summed E-state index contributed by atoms with van der Waals surface area (Å²) in [5.41, 5.74) is 2.38. The van der Waals surface area contributed by atoms with Crippen LogP contribution in [0.15, 0.2) is 30.0 Å². The van der Waals surface area contributed by atoms with Crippen LogP contribution in [0.25, 0.3) is 6.08 Å². The third-order valence-corrected chi connectivity index (χ3v) is 5.74. The molecule has 6 heteroatoms. The maximum Gasteiger partial charge on any atom is 0.232 e. The zero-order valence-electron chi connectivity index (χ0n) is 14.9. The van der Waals surface area contributed by atoms with Crippen molar-refractivity contribution in [2.24, 2.45) is 0 Å². The van der Waals surface area contributed by atoms with Gasteiger partial charge in [-0.25, -0.2) is 0 Å². The van der Waals surface area contributed by atoms with Crippen molar-refractivity contribution in [2.45, 2.75) is 26.3 Å². The molecule has 2 aliphatic heterocycles. The summed E-state index contributed by atoms with van der Waals surface area (Å²) in [5.74, 6) is 0.541. The molecule has 4 nitrogen and oxygen atoms in total. The molecule has 1 N–H and O–H groups in total. The molecule has 1 saturated heterocycles. The Labute approximate surface area is 168 Å². The molecule has 2 aromatic carbocycles. The van der Waals surface area contributed by atoms with E-state index in [0.29, 0.717) is 44.6 Å². The van der Waals surface area contributed by atoms with Gasteiger partial charge in [-0.3, -0.25) is 9.69 Å². The number of ketones is 1. The van der Waals surface area contributed by atoms with Gasteiger partial charge in [0.1, 0.15) is 11.5 Å². The first kappa shape index (κ1) is 18.4. The summed E-state index contributed by atoms with van der Waals surface area (Å²) < 4.78 is 5.94. The number of hydrogen-bond donors (Lipinski definition) is 1. The van der Waals surface area contributed by atoms with Crippen LogP contribution in [0.4, 0.5) is 0 Å². The average molecular weight is 404 g/mol. The molecular weight excluding hydrogens is 385 g/mol. The second kappa shape index (κ2) is 7.19. The summed E-state index contributed by atoms with van der Waals surface area (Å²) in [6.45, 7) is 4.31. The van der Waals surface area contributed by atoms with Crippen LogP contribution < -0.4 is 4.74 Å². The molecule has 0 radical (unpaired) electrons. The van der Waals surface area contributed by atoms with Crippen molar-refractivity contribution in [1.82, 2.24) is 4.90 Å². The van der Waals surface area contributed by atoms with Crippen LogP contribution in [-0.2, 0) is 6.54 Å². The number of aryl methyl sites for hydroxylation is 1. The van der Waals surface area contributed by atoms with Gasteiger partial charge in [-0.1, -0.05) is 29.3 Å². The number of rotatable bonds is 3. The van der Waals surface area contributed by atoms with E-state index in [9.17, 15) is 9.90 Å². The standard InChI is InChI=1S/C21H19Cl2NO3/c1-12-9-17(25)14(11-24-7-2-3-8-24)21-19(12)20(26)18(27-21)10-13-15(22)5-4-6-16(13)23/h4-6,9-10,25H,2-3,7-8,11H2,1H3/b18-10-. The van der Waals surface area contributed by atoms with Gasteiger partial charge in [-0.05, 0) is 62.7 Å². The molecule has 0 unspecified atom stereocenters. The van der Waals surface area contributed by atoms with Crippen LogP contribution in [0.2, 0.25) is 10.0 Å². The number of allylic oxidation sites excluding steroid dienone is 1. The number of hydrogen-bond acceptors (Lipinski definition) is 4. The minimum absolute atomic E-state index is 0.156. The Morgan fingerprint density at radius 2 is 1.89 bits per heavy atom. The van der Waals surface area contributed by atoms with E-state index in [1.54, 1.807) is 37.3 Å². The number of fused-ring (bicyclic) bond motifs is 1. The Morgan fingerprint density at radius 1 is 1.22 bits per heavy atom. The number of aromatic hydroxyl groups is 1. The average Bonchev–Trinajstić information content (AvgIpc) is 3.23. The number of likely N-dealkylation sites (tertiary alicyclic amines) is 1. The molecule has 0 saturated carbocycles. The van der Waals surface area contributed by atoms with Crippen molar-refractivity contribution in [3.05, 3.63) is 62.3 Å². The summed E-state index contributed by atoms with van der Waals surface area (Å²) in [6.07, 6.45) is 3.86. The Balaban J connectivity index is 1.77. The molecule has 0 spiro atoms. The minimum Gasteiger partial charge on any atom is -0.507 e.